The Morgan fingerprint density at radius 3 is 2.78 bits per heavy atom. The highest BCUT2D eigenvalue weighted by Crippen LogP contribution is 2.27. The highest BCUT2D eigenvalue weighted by atomic mass is 32.1. The number of thiazole rings is 1. The molecule has 3 rings (SSSR count). The van der Waals surface area contributed by atoms with Gasteiger partial charge in [-0.3, -0.25) is 14.9 Å². The molecular formula is C19H17N3O4S. The molecule has 0 bridgehead atoms. The van der Waals surface area contributed by atoms with Gasteiger partial charge in [-0.25, -0.2) is 4.98 Å². The summed E-state index contributed by atoms with van der Waals surface area (Å²) in [5.41, 5.74) is 1.82. The molecule has 3 aromatic rings. The zero-order valence-corrected chi connectivity index (χ0v) is 15.5. The summed E-state index contributed by atoms with van der Waals surface area (Å²) < 4.78 is 5.17. The Balaban J connectivity index is 1.83. The highest BCUT2D eigenvalue weighted by molar-refractivity contribution is 7.13. The molecule has 0 saturated heterocycles. The largest absolute Gasteiger partial charge is 0.496 e. The van der Waals surface area contributed by atoms with Crippen LogP contribution < -0.4 is 10.1 Å². The minimum absolute atomic E-state index is 0.120. The van der Waals surface area contributed by atoms with Crippen molar-refractivity contribution >= 4 is 22.9 Å². The molecule has 0 aliphatic carbocycles. The molecule has 8 heteroatoms. The van der Waals surface area contributed by atoms with Crippen LogP contribution in [-0.4, -0.2) is 22.9 Å². The van der Waals surface area contributed by atoms with Crippen LogP contribution in [0.2, 0.25) is 0 Å². The maximum absolute atomic E-state index is 12.7. The molecule has 138 valence electrons. The standard InChI is InChI=1S/C19H17N3O4S/c1-12(13-4-3-5-14(10-13)19-20-8-9-27-19)21-18(23)16-11-15(22(24)25)6-7-17(16)26-2/h3-12H,1-2H3,(H,21,23). The first-order valence-corrected chi connectivity index (χ1v) is 9.00. The monoisotopic (exact) mass is 383 g/mol. The van der Waals surface area contributed by atoms with Crippen molar-refractivity contribution in [3.05, 3.63) is 75.3 Å². The molecule has 0 saturated carbocycles. The first kappa shape index (κ1) is 18.5. The number of amides is 1. The van der Waals surface area contributed by atoms with Gasteiger partial charge in [-0.15, -0.1) is 11.3 Å². The van der Waals surface area contributed by atoms with Gasteiger partial charge < -0.3 is 10.1 Å². The Bertz CT molecular complexity index is 973. The van der Waals surface area contributed by atoms with Gasteiger partial charge >= 0.3 is 0 Å². The third-order valence-electron chi connectivity index (χ3n) is 4.05. The van der Waals surface area contributed by atoms with Crippen LogP contribution in [0.3, 0.4) is 0 Å². The SMILES string of the molecule is COc1ccc([N+](=O)[O-])cc1C(=O)NC(C)c1cccc(-c2nccs2)c1. The van der Waals surface area contributed by atoms with Crippen molar-refractivity contribution < 1.29 is 14.5 Å². The van der Waals surface area contributed by atoms with Crippen molar-refractivity contribution in [1.82, 2.24) is 10.3 Å². The fraction of sp³-hybridized carbons (Fsp3) is 0.158. The molecule has 1 N–H and O–H groups in total. The van der Waals surface area contributed by atoms with E-state index in [4.69, 9.17) is 4.74 Å². The number of nitro benzene ring substituents is 1. The maximum Gasteiger partial charge on any atom is 0.270 e. The van der Waals surface area contributed by atoms with E-state index in [2.05, 4.69) is 10.3 Å². The maximum atomic E-state index is 12.7. The number of ether oxygens (including phenoxy) is 1. The summed E-state index contributed by atoms with van der Waals surface area (Å²) in [5, 5.41) is 16.7. The Labute approximate surface area is 159 Å². The molecule has 7 nitrogen and oxygen atoms in total. The van der Waals surface area contributed by atoms with Gasteiger partial charge in [-0.1, -0.05) is 18.2 Å². The van der Waals surface area contributed by atoms with E-state index in [1.54, 1.807) is 6.20 Å². The number of carbonyl (C=O) groups is 1. The van der Waals surface area contributed by atoms with Gasteiger partial charge in [0.1, 0.15) is 10.8 Å². The molecule has 1 amide bonds. The second-order valence-corrected chi connectivity index (χ2v) is 6.69. The van der Waals surface area contributed by atoms with Crippen LogP contribution in [0.4, 0.5) is 5.69 Å². The number of nitrogens with zero attached hydrogens (tertiary/aromatic N) is 2. The van der Waals surface area contributed by atoms with Crippen LogP contribution >= 0.6 is 11.3 Å². The van der Waals surface area contributed by atoms with Crippen LogP contribution in [0, 0.1) is 10.1 Å². The topological polar surface area (TPSA) is 94.4 Å². The fourth-order valence-electron chi connectivity index (χ4n) is 2.65. The van der Waals surface area contributed by atoms with Crippen LogP contribution in [0.15, 0.2) is 54.0 Å². The number of hydrogen-bond donors (Lipinski definition) is 1. The quantitative estimate of drug-likeness (QED) is 0.508. The van der Waals surface area contributed by atoms with Gasteiger partial charge in [-0.2, -0.15) is 0 Å². The van der Waals surface area contributed by atoms with Crippen molar-refractivity contribution in [1.29, 1.82) is 0 Å². The van der Waals surface area contributed by atoms with Crippen molar-refractivity contribution in [2.45, 2.75) is 13.0 Å². The van der Waals surface area contributed by atoms with E-state index in [0.717, 1.165) is 16.1 Å². The van der Waals surface area contributed by atoms with Crippen LogP contribution in [0.25, 0.3) is 10.6 Å². The number of hydrogen-bond acceptors (Lipinski definition) is 6. The van der Waals surface area contributed by atoms with Gasteiger partial charge in [0, 0.05) is 29.3 Å². The van der Waals surface area contributed by atoms with E-state index in [1.807, 2.05) is 36.6 Å². The lowest BCUT2D eigenvalue weighted by Crippen LogP contribution is -2.27. The molecule has 1 heterocycles. The predicted molar refractivity (Wildman–Crippen MR) is 103 cm³/mol. The second-order valence-electron chi connectivity index (χ2n) is 5.80. The molecule has 1 aromatic heterocycles. The lowest BCUT2D eigenvalue weighted by atomic mass is 10.0. The number of aromatic nitrogens is 1. The van der Waals surface area contributed by atoms with E-state index in [1.165, 1.54) is 36.6 Å². The summed E-state index contributed by atoms with van der Waals surface area (Å²) in [6, 6.07) is 11.4. The average molecular weight is 383 g/mol. The van der Waals surface area contributed by atoms with E-state index < -0.39 is 10.8 Å². The fourth-order valence-corrected chi connectivity index (χ4v) is 3.29. The molecule has 2 aromatic carbocycles. The first-order valence-electron chi connectivity index (χ1n) is 8.12. The highest BCUT2D eigenvalue weighted by Gasteiger charge is 2.19. The zero-order valence-electron chi connectivity index (χ0n) is 14.7. The number of non-ortho nitro benzene ring substituents is 1. The van der Waals surface area contributed by atoms with Crippen molar-refractivity contribution in [2.24, 2.45) is 0 Å². The number of rotatable bonds is 6. The van der Waals surface area contributed by atoms with Crippen LogP contribution in [0.1, 0.15) is 28.9 Å². The van der Waals surface area contributed by atoms with Gasteiger partial charge in [0.05, 0.1) is 23.6 Å². The Hall–Kier alpha value is -3.26. The zero-order chi connectivity index (χ0) is 19.4. The van der Waals surface area contributed by atoms with Gasteiger partial charge in [-0.05, 0) is 24.6 Å². The summed E-state index contributed by atoms with van der Waals surface area (Å²) in [5.74, 6) is -0.162. The molecule has 1 unspecified atom stereocenters. The Kier molecular flexibility index (Phi) is 5.46. The molecule has 0 radical (unpaired) electrons. The molecule has 27 heavy (non-hydrogen) atoms. The lowest BCUT2D eigenvalue weighted by molar-refractivity contribution is -0.384. The molecule has 0 spiro atoms. The van der Waals surface area contributed by atoms with E-state index in [-0.39, 0.29) is 23.0 Å². The average Bonchev–Trinajstić information content (AvgIpc) is 3.22. The summed E-state index contributed by atoms with van der Waals surface area (Å²) in [6.45, 7) is 1.85. The third kappa shape index (κ3) is 4.12. The second kappa shape index (κ2) is 7.96. The molecule has 0 fully saturated rings. The third-order valence-corrected chi connectivity index (χ3v) is 4.87. The van der Waals surface area contributed by atoms with Crippen LogP contribution in [0.5, 0.6) is 5.75 Å². The predicted octanol–water partition coefficient (Wildman–Crippen LogP) is 4.22. The Morgan fingerprint density at radius 1 is 1.30 bits per heavy atom. The van der Waals surface area contributed by atoms with Gasteiger partial charge in [0.2, 0.25) is 0 Å². The number of nitrogens with one attached hydrogen (secondary N) is 1. The number of benzene rings is 2. The normalized spacial score (nSPS) is 11.6. The van der Waals surface area contributed by atoms with Gasteiger partial charge in [0.25, 0.3) is 11.6 Å². The van der Waals surface area contributed by atoms with Crippen molar-refractivity contribution in [3.8, 4) is 16.3 Å². The lowest BCUT2D eigenvalue weighted by Gasteiger charge is -2.16. The van der Waals surface area contributed by atoms with Crippen molar-refractivity contribution in [3.63, 3.8) is 0 Å². The van der Waals surface area contributed by atoms with Crippen molar-refractivity contribution in [2.75, 3.05) is 7.11 Å². The summed E-state index contributed by atoms with van der Waals surface area (Å²) in [7, 11) is 1.42. The van der Waals surface area contributed by atoms with E-state index >= 15 is 0 Å². The molecule has 1 atom stereocenters. The summed E-state index contributed by atoms with van der Waals surface area (Å²) in [4.78, 5) is 27.4. The van der Waals surface area contributed by atoms with E-state index in [0.29, 0.717) is 0 Å². The number of methoxy groups -OCH3 is 1. The molecule has 0 aliphatic rings. The number of nitro groups is 1. The Morgan fingerprint density at radius 2 is 2.11 bits per heavy atom. The van der Waals surface area contributed by atoms with Crippen LogP contribution in [-0.2, 0) is 0 Å². The van der Waals surface area contributed by atoms with E-state index in [9.17, 15) is 14.9 Å². The number of carbonyl (C=O) groups excluding carboxylic acids is 1. The smallest absolute Gasteiger partial charge is 0.270 e. The summed E-state index contributed by atoms with van der Waals surface area (Å²) >= 11 is 1.54. The molecular weight excluding hydrogens is 366 g/mol. The summed E-state index contributed by atoms with van der Waals surface area (Å²) in [6.07, 6.45) is 1.74. The minimum Gasteiger partial charge on any atom is -0.496 e. The molecule has 0 aliphatic heterocycles. The van der Waals surface area contributed by atoms with Gasteiger partial charge in [0.15, 0.2) is 0 Å². The minimum atomic E-state index is -0.544. The first-order chi connectivity index (χ1) is 13.0.